The van der Waals surface area contributed by atoms with Gasteiger partial charge in [0.1, 0.15) is 11.3 Å². The molecule has 0 unspecified atom stereocenters. The first kappa shape index (κ1) is 14.6. The van der Waals surface area contributed by atoms with E-state index in [1.54, 1.807) is 4.90 Å². The number of carbonyl (C=O) groups excluding carboxylic acids is 1. The van der Waals surface area contributed by atoms with Gasteiger partial charge in [-0.15, -0.1) is 0 Å². The van der Waals surface area contributed by atoms with Crippen LogP contribution >= 0.6 is 0 Å². The summed E-state index contributed by atoms with van der Waals surface area (Å²) in [7, 11) is 1.19. The van der Waals surface area contributed by atoms with Gasteiger partial charge >= 0.3 is 6.18 Å². The topological polar surface area (TPSA) is 54.5 Å². The first-order valence-electron chi connectivity index (χ1n) is 6.05. The van der Waals surface area contributed by atoms with Crippen LogP contribution in [0.2, 0.25) is 0 Å². The molecule has 0 spiro atoms. The van der Waals surface area contributed by atoms with Crippen LogP contribution in [0.1, 0.15) is 16.1 Å². The highest BCUT2D eigenvalue weighted by atomic mass is 19.4. The van der Waals surface area contributed by atoms with E-state index in [0.717, 1.165) is 12.1 Å². The summed E-state index contributed by atoms with van der Waals surface area (Å²) in [6.07, 6.45) is -4.57. The second-order valence-corrected chi connectivity index (χ2v) is 4.29. The normalized spacial score (nSPS) is 16.1. The zero-order valence-corrected chi connectivity index (χ0v) is 10.8. The van der Waals surface area contributed by atoms with Gasteiger partial charge in [-0.25, -0.2) is 4.98 Å². The summed E-state index contributed by atoms with van der Waals surface area (Å²) in [5.41, 5.74) is -1.03. The van der Waals surface area contributed by atoms with E-state index in [0.29, 0.717) is 26.2 Å². The smallest absolute Gasteiger partial charge is 0.433 e. The number of rotatable bonds is 2. The van der Waals surface area contributed by atoms with Gasteiger partial charge in [0.25, 0.3) is 5.91 Å². The number of ether oxygens (including phenoxy) is 1. The maximum absolute atomic E-state index is 12.6. The third kappa shape index (κ3) is 3.01. The fourth-order valence-corrected chi connectivity index (χ4v) is 1.95. The molecule has 1 aliphatic heterocycles. The third-order valence-corrected chi connectivity index (χ3v) is 2.98. The Morgan fingerprint density at radius 1 is 1.35 bits per heavy atom. The van der Waals surface area contributed by atoms with E-state index in [9.17, 15) is 18.0 Å². The average Bonchev–Trinajstić information content (AvgIpc) is 2.45. The van der Waals surface area contributed by atoms with Crippen LogP contribution in [0.3, 0.4) is 0 Å². The van der Waals surface area contributed by atoms with Crippen LogP contribution in [-0.2, 0) is 6.18 Å². The molecule has 5 nitrogen and oxygen atoms in total. The lowest BCUT2D eigenvalue weighted by Crippen LogP contribution is -2.46. The Balaban J connectivity index is 2.29. The van der Waals surface area contributed by atoms with E-state index >= 15 is 0 Å². The summed E-state index contributed by atoms with van der Waals surface area (Å²) in [5, 5.41) is 3.09. The van der Waals surface area contributed by atoms with Crippen LogP contribution in [0, 0.1) is 0 Å². The Morgan fingerprint density at radius 2 is 2.00 bits per heavy atom. The number of nitrogens with one attached hydrogen (secondary N) is 1. The molecule has 1 amide bonds. The monoisotopic (exact) mass is 289 g/mol. The molecule has 1 aromatic heterocycles. The molecule has 2 heterocycles. The zero-order chi connectivity index (χ0) is 14.8. The van der Waals surface area contributed by atoms with Crippen molar-refractivity contribution in [3.8, 4) is 5.88 Å². The van der Waals surface area contributed by atoms with Crippen molar-refractivity contribution in [2.24, 2.45) is 0 Å². The maximum Gasteiger partial charge on any atom is 0.433 e. The second kappa shape index (κ2) is 5.66. The third-order valence-electron chi connectivity index (χ3n) is 2.98. The quantitative estimate of drug-likeness (QED) is 0.887. The van der Waals surface area contributed by atoms with E-state index in [-0.39, 0.29) is 17.4 Å². The van der Waals surface area contributed by atoms with Crippen LogP contribution in [-0.4, -0.2) is 49.1 Å². The lowest BCUT2D eigenvalue weighted by Gasteiger charge is -2.27. The fraction of sp³-hybridized carbons (Fsp3) is 0.500. The van der Waals surface area contributed by atoms with Crippen molar-refractivity contribution in [1.29, 1.82) is 0 Å². The number of pyridine rings is 1. The Kier molecular flexibility index (Phi) is 4.12. The van der Waals surface area contributed by atoms with E-state index < -0.39 is 11.9 Å². The minimum atomic E-state index is -4.57. The number of aromatic nitrogens is 1. The SMILES string of the molecule is COc1nc(C(F)(F)F)ccc1C(=O)N1CCNCC1. The number of alkyl halides is 3. The van der Waals surface area contributed by atoms with Crippen molar-refractivity contribution in [3.05, 3.63) is 23.4 Å². The molecule has 1 aromatic rings. The van der Waals surface area contributed by atoms with Crippen molar-refractivity contribution in [1.82, 2.24) is 15.2 Å². The summed E-state index contributed by atoms with van der Waals surface area (Å²) < 4.78 is 42.5. The van der Waals surface area contributed by atoms with Crippen molar-refractivity contribution in [2.75, 3.05) is 33.3 Å². The van der Waals surface area contributed by atoms with Gasteiger partial charge in [-0.2, -0.15) is 13.2 Å². The van der Waals surface area contributed by atoms with Gasteiger partial charge in [0.15, 0.2) is 0 Å². The lowest BCUT2D eigenvalue weighted by molar-refractivity contribution is -0.141. The predicted octanol–water partition coefficient (Wildman–Crippen LogP) is 1.15. The molecule has 2 rings (SSSR count). The van der Waals surface area contributed by atoms with Gasteiger partial charge in [0.05, 0.1) is 7.11 Å². The largest absolute Gasteiger partial charge is 0.480 e. The van der Waals surface area contributed by atoms with Crippen LogP contribution in [0.25, 0.3) is 0 Å². The van der Waals surface area contributed by atoms with Crippen molar-refractivity contribution < 1.29 is 22.7 Å². The zero-order valence-electron chi connectivity index (χ0n) is 10.8. The Hall–Kier alpha value is -1.83. The number of amides is 1. The minimum absolute atomic E-state index is 0.0439. The summed E-state index contributed by atoms with van der Waals surface area (Å²) in [6, 6.07) is 1.90. The predicted molar refractivity (Wildman–Crippen MR) is 64.6 cm³/mol. The fourth-order valence-electron chi connectivity index (χ4n) is 1.95. The van der Waals surface area contributed by atoms with Crippen molar-refractivity contribution in [2.45, 2.75) is 6.18 Å². The number of nitrogens with zero attached hydrogens (tertiary/aromatic N) is 2. The van der Waals surface area contributed by atoms with Gasteiger partial charge in [0.2, 0.25) is 5.88 Å². The molecular formula is C12H14F3N3O2. The van der Waals surface area contributed by atoms with E-state index in [1.807, 2.05) is 0 Å². The molecule has 0 radical (unpaired) electrons. The van der Waals surface area contributed by atoms with E-state index in [1.165, 1.54) is 7.11 Å². The number of hydrogen-bond acceptors (Lipinski definition) is 4. The number of halogens is 3. The van der Waals surface area contributed by atoms with Gasteiger partial charge < -0.3 is 15.0 Å². The van der Waals surface area contributed by atoms with Gasteiger partial charge in [0, 0.05) is 26.2 Å². The molecule has 0 saturated carbocycles. The number of piperazine rings is 1. The Bertz CT molecular complexity index is 499. The Labute approximate surface area is 113 Å². The molecule has 1 aliphatic rings. The van der Waals surface area contributed by atoms with E-state index in [4.69, 9.17) is 4.74 Å². The molecule has 0 aromatic carbocycles. The molecule has 1 saturated heterocycles. The molecule has 110 valence electrons. The van der Waals surface area contributed by atoms with E-state index in [2.05, 4.69) is 10.3 Å². The van der Waals surface area contributed by atoms with Crippen molar-refractivity contribution >= 4 is 5.91 Å². The van der Waals surface area contributed by atoms with Gasteiger partial charge in [-0.1, -0.05) is 0 Å². The van der Waals surface area contributed by atoms with Crippen LogP contribution in [0.4, 0.5) is 13.2 Å². The molecular weight excluding hydrogens is 275 g/mol. The highest BCUT2D eigenvalue weighted by Crippen LogP contribution is 2.30. The van der Waals surface area contributed by atoms with Crippen LogP contribution in [0.15, 0.2) is 12.1 Å². The number of methoxy groups -OCH3 is 1. The van der Waals surface area contributed by atoms with Gasteiger partial charge in [-0.3, -0.25) is 4.79 Å². The molecule has 1 fully saturated rings. The molecule has 0 atom stereocenters. The second-order valence-electron chi connectivity index (χ2n) is 4.29. The molecule has 8 heteroatoms. The van der Waals surface area contributed by atoms with Crippen LogP contribution in [0.5, 0.6) is 5.88 Å². The average molecular weight is 289 g/mol. The number of carbonyl (C=O) groups is 1. The summed E-state index contributed by atoms with van der Waals surface area (Å²) in [4.78, 5) is 17.2. The minimum Gasteiger partial charge on any atom is -0.480 e. The molecule has 1 N–H and O–H groups in total. The molecule has 20 heavy (non-hydrogen) atoms. The summed E-state index contributed by atoms with van der Waals surface area (Å²) >= 11 is 0. The first-order valence-corrected chi connectivity index (χ1v) is 6.05. The summed E-state index contributed by atoms with van der Waals surface area (Å²) in [6.45, 7) is 2.32. The molecule has 0 aliphatic carbocycles. The maximum atomic E-state index is 12.6. The first-order chi connectivity index (χ1) is 9.43. The highest BCUT2D eigenvalue weighted by Gasteiger charge is 2.34. The standard InChI is InChI=1S/C12H14F3N3O2/c1-20-10-8(2-3-9(17-10)12(13,14)15)11(19)18-6-4-16-5-7-18/h2-3,16H,4-7H2,1H3. The number of hydrogen-bond donors (Lipinski definition) is 1. The highest BCUT2D eigenvalue weighted by molar-refractivity contribution is 5.96. The van der Waals surface area contributed by atoms with Crippen molar-refractivity contribution in [3.63, 3.8) is 0 Å². The Morgan fingerprint density at radius 3 is 2.55 bits per heavy atom. The van der Waals surface area contributed by atoms with Crippen LogP contribution < -0.4 is 10.1 Å². The molecule has 0 bridgehead atoms. The summed E-state index contributed by atoms with van der Waals surface area (Å²) in [5.74, 6) is -0.673. The van der Waals surface area contributed by atoms with Gasteiger partial charge in [-0.05, 0) is 12.1 Å². The lowest BCUT2D eigenvalue weighted by atomic mass is 10.2.